The first-order valence-corrected chi connectivity index (χ1v) is 12.6. The first kappa shape index (κ1) is 21.2. The van der Waals surface area contributed by atoms with Crippen LogP contribution in [-0.4, -0.2) is 25.9 Å². The summed E-state index contributed by atoms with van der Waals surface area (Å²) in [6, 6.07) is 4.14. The van der Waals surface area contributed by atoms with Crippen molar-refractivity contribution >= 4 is 15.9 Å². The van der Waals surface area contributed by atoms with Gasteiger partial charge >= 0.3 is 6.18 Å². The summed E-state index contributed by atoms with van der Waals surface area (Å²) in [5.41, 5.74) is -2.59. The fourth-order valence-corrected chi connectivity index (χ4v) is 8.26. The average molecular weight is 457 g/mol. The molecule has 5 saturated carbocycles. The summed E-state index contributed by atoms with van der Waals surface area (Å²) in [4.78, 5) is 12.4. The highest BCUT2D eigenvalue weighted by atomic mass is 32.2. The predicted octanol–water partition coefficient (Wildman–Crippen LogP) is 3.85. The fraction of sp³-hybridized carbons (Fsp3) is 0.682. The van der Waals surface area contributed by atoms with Crippen molar-refractivity contribution in [2.75, 3.05) is 0 Å². The molecule has 1 aromatic rings. The number of benzene rings is 1. The van der Waals surface area contributed by atoms with E-state index in [2.05, 4.69) is 10.0 Å². The van der Waals surface area contributed by atoms with Crippen molar-refractivity contribution in [1.29, 1.82) is 0 Å². The molecule has 0 spiro atoms. The van der Waals surface area contributed by atoms with E-state index < -0.39 is 32.2 Å². The van der Waals surface area contributed by atoms with E-state index in [1.165, 1.54) is 12.5 Å². The van der Waals surface area contributed by atoms with Crippen LogP contribution < -0.4 is 10.0 Å². The number of alkyl halides is 3. The number of halogens is 3. The minimum Gasteiger partial charge on any atom is -0.351 e. The largest absolute Gasteiger partial charge is 0.417 e. The smallest absolute Gasteiger partial charge is 0.351 e. The summed E-state index contributed by atoms with van der Waals surface area (Å²) in [6.45, 7) is 0. The average Bonchev–Trinajstić information content (AvgIpc) is 2.66. The van der Waals surface area contributed by atoms with Gasteiger partial charge in [-0.25, -0.2) is 8.42 Å². The van der Waals surface area contributed by atoms with E-state index in [-0.39, 0.29) is 11.9 Å². The summed E-state index contributed by atoms with van der Waals surface area (Å²) < 4.78 is 68.4. The number of sulfonamides is 1. The molecule has 0 saturated heterocycles. The Bertz CT molecular complexity index is 960. The number of amides is 1. The molecule has 9 heteroatoms. The third-order valence-electron chi connectivity index (χ3n) is 7.98. The quantitative estimate of drug-likeness (QED) is 0.707. The van der Waals surface area contributed by atoms with Gasteiger partial charge in [0.25, 0.3) is 0 Å². The van der Waals surface area contributed by atoms with Crippen molar-refractivity contribution < 1.29 is 26.4 Å². The molecule has 5 fully saturated rings. The molecule has 0 unspecified atom stereocenters. The minimum absolute atomic E-state index is 0.0461. The van der Waals surface area contributed by atoms with Gasteiger partial charge in [-0.3, -0.25) is 4.79 Å². The SMILES string of the molecule is O=C(NC1C2CC3CC(C2)CC1C3)C1(NS(=O)(=O)c2ccccc2C(F)(F)F)CCC1. The Balaban J connectivity index is 1.36. The second-order valence-electron chi connectivity index (χ2n) is 9.97. The Labute approximate surface area is 180 Å². The van der Waals surface area contributed by atoms with Crippen LogP contribution in [0.5, 0.6) is 0 Å². The molecule has 5 aliphatic carbocycles. The molecular weight excluding hydrogens is 429 g/mol. The molecule has 31 heavy (non-hydrogen) atoms. The molecular formula is C22H27F3N2O3S. The van der Waals surface area contributed by atoms with Gasteiger partial charge in [-0.2, -0.15) is 17.9 Å². The van der Waals surface area contributed by atoms with Crippen LogP contribution in [0.1, 0.15) is 56.9 Å². The Morgan fingerprint density at radius 3 is 2.06 bits per heavy atom. The molecule has 0 aliphatic heterocycles. The van der Waals surface area contributed by atoms with Crippen molar-refractivity contribution in [1.82, 2.24) is 10.0 Å². The summed E-state index contributed by atoms with van der Waals surface area (Å²) in [6.07, 6.45) is 2.14. The van der Waals surface area contributed by atoms with Crippen LogP contribution in [0.4, 0.5) is 13.2 Å². The highest BCUT2D eigenvalue weighted by Gasteiger charge is 2.53. The van der Waals surface area contributed by atoms with Crippen LogP contribution in [0, 0.1) is 23.7 Å². The molecule has 0 heterocycles. The summed E-state index contributed by atoms with van der Waals surface area (Å²) >= 11 is 0. The monoisotopic (exact) mass is 456 g/mol. The van der Waals surface area contributed by atoms with Gasteiger partial charge in [-0.1, -0.05) is 12.1 Å². The molecule has 4 bridgehead atoms. The maximum absolute atomic E-state index is 13.4. The Kier molecular flexibility index (Phi) is 4.93. The van der Waals surface area contributed by atoms with Gasteiger partial charge in [-0.15, -0.1) is 0 Å². The third-order valence-corrected chi connectivity index (χ3v) is 9.57. The summed E-state index contributed by atoms with van der Waals surface area (Å²) in [5.74, 6) is 1.96. The fourth-order valence-electron chi connectivity index (χ4n) is 6.60. The molecule has 0 aromatic heterocycles. The summed E-state index contributed by atoms with van der Waals surface area (Å²) in [7, 11) is -4.53. The van der Waals surface area contributed by atoms with E-state index >= 15 is 0 Å². The molecule has 5 aliphatic rings. The summed E-state index contributed by atoms with van der Waals surface area (Å²) in [5, 5.41) is 3.14. The van der Waals surface area contributed by atoms with Gasteiger partial charge in [0.15, 0.2) is 0 Å². The third kappa shape index (κ3) is 3.67. The van der Waals surface area contributed by atoms with Crippen LogP contribution in [0.15, 0.2) is 29.2 Å². The number of hydrogen-bond donors (Lipinski definition) is 2. The van der Waals surface area contributed by atoms with Gasteiger partial charge < -0.3 is 5.32 Å². The van der Waals surface area contributed by atoms with E-state index in [0.29, 0.717) is 31.1 Å². The van der Waals surface area contributed by atoms with E-state index in [0.717, 1.165) is 55.7 Å². The van der Waals surface area contributed by atoms with Crippen LogP contribution in [-0.2, 0) is 21.0 Å². The highest BCUT2D eigenvalue weighted by molar-refractivity contribution is 7.89. The number of rotatable bonds is 5. The van der Waals surface area contributed by atoms with Crippen LogP contribution >= 0.6 is 0 Å². The van der Waals surface area contributed by atoms with Gasteiger partial charge in [0, 0.05) is 6.04 Å². The lowest BCUT2D eigenvalue weighted by molar-refractivity contribution is -0.139. The van der Waals surface area contributed by atoms with Crippen molar-refractivity contribution in [3.8, 4) is 0 Å². The second kappa shape index (κ2) is 7.20. The van der Waals surface area contributed by atoms with Crippen molar-refractivity contribution in [2.24, 2.45) is 23.7 Å². The number of carbonyl (C=O) groups excluding carboxylic acids is 1. The molecule has 0 radical (unpaired) electrons. The van der Waals surface area contributed by atoms with Gasteiger partial charge in [0.05, 0.1) is 10.5 Å². The van der Waals surface area contributed by atoms with Crippen molar-refractivity contribution in [3.63, 3.8) is 0 Å². The van der Waals surface area contributed by atoms with Crippen LogP contribution in [0.2, 0.25) is 0 Å². The number of hydrogen-bond acceptors (Lipinski definition) is 3. The first-order chi connectivity index (χ1) is 14.6. The van der Waals surface area contributed by atoms with E-state index in [4.69, 9.17) is 0 Å². The zero-order valence-electron chi connectivity index (χ0n) is 17.1. The van der Waals surface area contributed by atoms with Gasteiger partial charge in [0.1, 0.15) is 5.54 Å². The maximum Gasteiger partial charge on any atom is 0.417 e. The van der Waals surface area contributed by atoms with Crippen molar-refractivity contribution in [3.05, 3.63) is 29.8 Å². The zero-order chi connectivity index (χ0) is 22.0. The second-order valence-corrected chi connectivity index (χ2v) is 11.6. The molecule has 2 N–H and O–H groups in total. The lowest BCUT2D eigenvalue weighted by atomic mass is 9.54. The number of carbonyl (C=O) groups is 1. The van der Waals surface area contributed by atoms with Crippen LogP contribution in [0.25, 0.3) is 0 Å². The lowest BCUT2D eigenvalue weighted by Gasteiger charge is -2.55. The molecule has 0 atom stereocenters. The molecule has 6 rings (SSSR count). The molecule has 170 valence electrons. The minimum atomic E-state index is -4.80. The van der Waals surface area contributed by atoms with Crippen molar-refractivity contribution in [2.45, 2.75) is 74.0 Å². The van der Waals surface area contributed by atoms with Gasteiger partial charge in [0.2, 0.25) is 15.9 Å². The first-order valence-electron chi connectivity index (χ1n) is 11.1. The highest BCUT2D eigenvalue weighted by Crippen LogP contribution is 2.54. The topological polar surface area (TPSA) is 75.3 Å². The van der Waals surface area contributed by atoms with Crippen LogP contribution in [0.3, 0.4) is 0 Å². The number of nitrogens with one attached hydrogen (secondary N) is 2. The Morgan fingerprint density at radius 1 is 0.968 bits per heavy atom. The lowest BCUT2D eigenvalue weighted by Crippen LogP contribution is -2.66. The van der Waals surface area contributed by atoms with E-state index in [1.807, 2.05) is 0 Å². The maximum atomic E-state index is 13.4. The van der Waals surface area contributed by atoms with Gasteiger partial charge in [-0.05, 0) is 87.2 Å². The Morgan fingerprint density at radius 2 is 1.55 bits per heavy atom. The predicted molar refractivity (Wildman–Crippen MR) is 107 cm³/mol. The van der Waals surface area contributed by atoms with E-state index in [1.54, 1.807) is 0 Å². The molecule has 1 amide bonds. The standard InChI is InChI=1S/C22H27F3N2O3S/c23-22(24,25)17-4-1-2-5-18(17)31(29,30)27-21(6-3-7-21)20(28)26-19-15-9-13-8-14(11-15)12-16(19)10-13/h1-2,4-5,13-16,19,27H,3,6-12H2,(H,26,28). The molecule has 5 nitrogen and oxygen atoms in total. The normalized spacial score (nSPS) is 33.7. The Hall–Kier alpha value is -1.61. The zero-order valence-corrected chi connectivity index (χ0v) is 17.9. The van der Waals surface area contributed by atoms with E-state index in [9.17, 15) is 26.4 Å². The molecule has 1 aromatic carbocycles.